The summed E-state index contributed by atoms with van der Waals surface area (Å²) in [5, 5.41) is 9.55. The van der Waals surface area contributed by atoms with Crippen LogP contribution in [0.1, 0.15) is 52.9 Å². The van der Waals surface area contributed by atoms with Gasteiger partial charge in [0.1, 0.15) is 6.04 Å². The summed E-state index contributed by atoms with van der Waals surface area (Å²) in [6, 6.07) is -0.446. The number of piperidine rings is 1. The Hall–Kier alpha value is -1.26. The van der Waals surface area contributed by atoms with Gasteiger partial charge >= 0.3 is 12.0 Å². The molecule has 2 rings (SSSR count). The van der Waals surface area contributed by atoms with Crippen LogP contribution in [0.4, 0.5) is 4.79 Å². The number of likely N-dealkylation sites (tertiary alicyclic amines) is 1. The third-order valence-electron chi connectivity index (χ3n) is 4.45. The van der Waals surface area contributed by atoms with Crippen molar-refractivity contribution >= 4 is 12.0 Å². The number of carboxylic acid groups (broad SMARTS) is 1. The fraction of sp³-hybridized carbons (Fsp3) is 0.867. The zero-order chi connectivity index (χ0) is 14.9. The molecule has 1 N–H and O–H groups in total. The number of urea groups is 1. The molecule has 1 heterocycles. The van der Waals surface area contributed by atoms with E-state index < -0.39 is 12.0 Å². The highest BCUT2D eigenvalue weighted by Crippen LogP contribution is 2.37. The van der Waals surface area contributed by atoms with Gasteiger partial charge in [-0.2, -0.15) is 0 Å². The summed E-state index contributed by atoms with van der Waals surface area (Å²) in [5.41, 5.74) is -0.360. The molecule has 1 unspecified atom stereocenters. The standard InChI is InChI=1S/C15H26N2O3/c1-4-9-16(11-6-7-11)14(20)17-10-5-8-15(2,3)12(17)13(18)19/h11-12H,4-10H2,1-3H3,(H,18,19). The van der Waals surface area contributed by atoms with Crippen LogP contribution in [-0.2, 0) is 4.79 Å². The molecule has 1 aliphatic heterocycles. The molecule has 0 bridgehead atoms. The van der Waals surface area contributed by atoms with Crippen LogP contribution in [0.2, 0.25) is 0 Å². The first kappa shape index (κ1) is 15.1. The molecular formula is C15H26N2O3. The number of hydrogen-bond donors (Lipinski definition) is 1. The lowest BCUT2D eigenvalue weighted by atomic mass is 9.76. The number of carbonyl (C=O) groups is 2. The molecule has 5 heteroatoms. The van der Waals surface area contributed by atoms with Gasteiger partial charge in [0.05, 0.1) is 0 Å². The lowest BCUT2D eigenvalue weighted by Crippen LogP contribution is -2.59. The average molecular weight is 282 g/mol. The van der Waals surface area contributed by atoms with Crippen LogP contribution in [0, 0.1) is 5.41 Å². The van der Waals surface area contributed by atoms with Crippen molar-refractivity contribution in [2.75, 3.05) is 13.1 Å². The van der Waals surface area contributed by atoms with E-state index in [2.05, 4.69) is 6.92 Å². The molecule has 2 amide bonds. The van der Waals surface area contributed by atoms with Crippen molar-refractivity contribution in [1.82, 2.24) is 9.80 Å². The van der Waals surface area contributed by atoms with Crippen LogP contribution in [0.25, 0.3) is 0 Å². The predicted molar refractivity (Wildman–Crippen MR) is 76.6 cm³/mol. The van der Waals surface area contributed by atoms with Gasteiger partial charge in [-0.15, -0.1) is 0 Å². The molecule has 0 aromatic heterocycles. The minimum Gasteiger partial charge on any atom is -0.480 e. The van der Waals surface area contributed by atoms with Gasteiger partial charge in [-0.05, 0) is 37.5 Å². The fourth-order valence-corrected chi connectivity index (χ4v) is 3.29. The Morgan fingerprint density at radius 2 is 2.00 bits per heavy atom. The van der Waals surface area contributed by atoms with Gasteiger partial charge in [0.2, 0.25) is 0 Å². The van der Waals surface area contributed by atoms with Gasteiger partial charge in [0.15, 0.2) is 0 Å². The summed E-state index contributed by atoms with van der Waals surface area (Å²) in [7, 11) is 0. The maximum atomic E-state index is 12.8. The number of rotatable bonds is 4. The number of aliphatic carboxylic acids is 1. The summed E-state index contributed by atoms with van der Waals surface area (Å²) >= 11 is 0. The third kappa shape index (κ3) is 2.91. The zero-order valence-electron chi connectivity index (χ0n) is 12.8. The molecule has 1 aliphatic carbocycles. The summed E-state index contributed by atoms with van der Waals surface area (Å²) in [6.07, 6.45) is 4.76. The Labute approximate surface area is 120 Å². The molecule has 1 saturated carbocycles. The lowest BCUT2D eigenvalue weighted by molar-refractivity contribution is -0.148. The van der Waals surface area contributed by atoms with Crippen molar-refractivity contribution in [2.45, 2.75) is 65.0 Å². The predicted octanol–water partition coefficient (Wildman–Crippen LogP) is 2.56. The van der Waals surface area contributed by atoms with E-state index in [1.807, 2.05) is 18.7 Å². The molecule has 0 aromatic rings. The van der Waals surface area contributed by atoms with Gasteiger partial charge in [-0.3, -0.25) is 0 Å². The van der Waals surface area contributed by atoms with E-state index in [-0.39, 0.29) is 11.4 Å². The Morgan fingerprint density at radius 1 is 1.35 bits per heavy atom. The number of carboxylic acids is 1. The van der Waals surface area contributed by atoms with Gasteiger partial charge < -0.3 is 14.9 Å². The number of amides is 2. The summed E-state index contributed by atoms with van der Waals surface area (Å²) in [6.45, 7) is 7.25. The van der Waals surface area contributed by atoms with Gasteiger partial charge in [-0.25, -0.2) is 9.59 Å². The van der Waals surface area contributed by atoms with Crippen LogP contribution in [0.5, 0.6) is 0 Å². The number of carbonyl (C=O) groups excluding carboxylic acids is 1. The molecule has 0 aromatic carbocycles. The van der Waals surface area contributed by atoms with E-state index in [9.17, 15) is 14.7 Å². The van der Waals surface area contributed by atoms with E-state index in [0.717, 1.165) is 38.6 Å². The van der Waals surface area contributed by atoms with Gasteiger partial charge in [0.25, 0.3) is 0 Å². The largest absolute Gasteiger partial charge is 0.480 e. The molecule has 1 atom stereocenters. The second-order valence-electron chi connectivity index (χ2n) is 6.73. The second kappa shape index (κ2) is 5.62. The topological polar surface area (TPSA) is 60.9 Å². The van der Waals surface area contributed by atoms with E-state index in [1.165, 1.54) is 0 Å². The van der Waals surface area contributed by atoms with Crippen LogP contribution >= 0.6 is 0 Å². The summed E-state index contributed by atoms with van der Waals surface area (Å²) in [4.78, 5) is 27.9. The molecule has 1 saturated heterocycles. The van der Waals surface area contributed by atoms with E-state index in [0.29, 0.717) is 12.6 Å². The fourth-order valence-electron chi connectivity index (χ4n) is 3.29. The molecule has 0 spiro atoms. The minimum absolute atomic E-state index is 0.0745. The van der Waals surface area contributed by atoms with Crippen LogP contribution in [-0.4, -0.2) is 52.1 Å². The molecule has 2 aliphatic rings. The first-order valence-corrected chi connectivity index (χ1v) is 7.68. The average Bonchev–Trinajstić information content (AvgIpc) is 3.17. The van der Waals surface area contributed by atoms with Crippen molar-refractivity contribution in [3.05, 3.63) is 0 Å². The quantitative estimate of drug-likeness (QED) is 0.862. The van der Waals surface area contributed by atoms with Crippen LogP contribution in [0.3, 0.4) is 0 Å². The third-order valence-corrected chi connectivity index (χ3v) is 4.45. The first-order valence-electron chi connectivity index (χ1n) is 7.68. The molecular weight excluding hydrogens is 256 g/mol. The molecule has 2 fully saturated rings. The van der Waals surface area contributed by atoms with Gasteiger partial charge in [0, 0.05) is 19.1 Å². The van der Waals surface area contributed by atoms with E-state index in [1.54, 1.807) is 4.90 Å². The summed E-state index contributed by atoms with van der Waals surface area (Å²) in [5.74, 6) is -0.879. The first-order chi connectivity index (χ1) is 9.38. The van der Waals surface area contributed by atoms with Crippen molar-refractivity contribution in [3.8, 4) is 0 Å². The minimum atomic E-state index is -0.879. The van der Waals surface area contributed by atoms with Crippen molar-refractivity contribution in [3.63, 3.8) is 0 Å². The maximum Gasteiger partial charge on any atom is 0.327 e. The highest BCUT2D eigenvalue weighted by atomic mass is 16.4. The molecule has 114 valence electrons. The highest BCUT2D eigenvalue weighted by molar-refractivity contribution is 5.84. The highest BCUT2D eigenvalue weighted by Gasteiger charge is 2.47. The summed E-state index contributed by atoms with van der Waals surface area (Å²) < 4.78 is 0. The number of hydrogen-bond acceptors (Lipinski definition) is 2. The maximum absolute atomic E-state index is 12.8. The van der Waals surface area contributed by atoms with E-state index >= 15 is 0 Å². The Morgan fingerprint density at radius 3 is 2.50 bits per heavy atom. The molecule has 0 radical (unpaired) electrons. The normalized spacial score (nSPS) is 25.4. The molecule has 20 heavy (non-hydrogen) atoms. The number of nitrogens with zero attached hydrogens (tertiary/aromatic N) is 2. The van der Waals surface area contributed by atoms with Crippen molar-refractivity contribution in [2.24, 2.45) is 5.41 Å². The van der Waals surface area contributed by atoms with Crippen LogP contribution in [0.15, 0.2) is 0 Å². The van der Waals surface area contributed by atoms with Crippen molar-refractivity contribution in [1.29, 1.82) is 0 Å². The lowest BCUT2D eigenvalue weighted by Gasteiger charge is -2.45. The smallest absolute Gasteiger partial charge is 0.327 e. The van der Waals surface area contributed by atoms with Crippen LogP contribution < -0.4 is 0 Å². The molecule has 5 nitrogen and oxygen atoms in total. The Bertz CT molecular complexity index is 391. The SMILES string of the molecule is CCCN(C(=O)N1CCCC(C)(C)C1C(=O)O)C1CC1. The van der Waals surface area contributed by atoms with Crippen molar-refractivity contribution < 1.29 is 14.7 Å². The second-order valence-corrected chi connectivity index (χ2v) is 6.73. The Balaban J connectivity index is 2.19. The zero-order valence-corrected chi connectivity index (χ0v) is 12.8. The monoisotopic (exact) mass is 282 g/mol. The Kier molecular flexibility index (Phi) is 4.25. The van der Waals surface area contributed by atoms with E-state index in [4.69, 9.17) is 0 Å². The van der Waals surface area contributed by atoms with Gasteiger partial charge in [-0.1, -0.05) is 20.8 Å².